The molecule has 4 rings (SSSR count). The van der Waals surface area contributed by atoms with Crippen LogP contribution in [0.4, 0.5) is 10.6 Å². The second-order valence-corrected chi connectivity index (χ2v) is 16.0. The molecule has 2 N–H and O–H groups in total. The summed E-state index contributed by atoms with van der Waals surface area (Å²) in [7, 11) is 5.92. The highest BCUT2D eigenvalue weighted by Crippen LogP contribution is 2.43. The van der Waals surface area contributed by atoms with Crippen LogP contribution in [0.15, 0.2) is 33.6 Å². The van der Waals surface area contributed by atoms with Crippen molar-refractivity contribution in [3.05, 3.63) is 34.4 Å². The minimum Gasteiger partial charge on any atom is -0.473 e. The van der Waals surface area contributed by atoms with E-state index in [0.717, 1.165) is 49.8 Å². The fourth-order valence-electron chi connectivity index (χ4n) is 7.50. The number of carbonyl (C=O) groups excluding carboxylic acids is 2. The Morgan fingerprint density at radius 2 is 1.84 bits per heavy atom. The van der Waals surface area contributed by atoms with E-state index in [9.17, 15) is 9.59 Å². The number of anilines is 1. The summed E-state index contributed by atoms with van der Waals surface area (Å²) in [6.07, 6.45) is 5.96. The van der Waals surface area contributed by atoms with Crippen molar-refractivity contribution in [2.75, 3.05) is 45.7 Å². The first-order valence-electron chi connectivity index (χ1n) is 18.3. The molecule has 2 saturated heterocycles. The standard InChI is InChI=1S/C39H60N8O4/c1-25-15-13-18-39(9,34(25)35(40)28(4)41-24-44(10)11)19-17-31(48)36-42-32(21-33(43-36)50-29(5)30-16-14-20-45(30)12)46-22-26(2)47(27(3)23-46)37(49)51-38(6,7)8/h21,24,26-27,29-30H,13-16,18,20,22-23,40H2,1-12H3/b35-28-,41-24?/t26-,27-,29-,30-,39+/m0/s1. The lowest BCUT2D eigenvalue weighted by atomic mass is 9.70. The Labute approximate surface area is 305 Å². The van der Waals surface area contributed by atoms with Crippen molar-refractivity contribution in [1.29, 1.82) is 0 Å². The third kappa shape index (κ3) is 9.82. The quantitative estimate of drug-likeness (QED) is 0.119. The van der Waals surface area contributed by atoms with Crippen LogP contribution in [0.5, 0.6) is 5.88 Å². The minimum atomic E-state index is -0.654. The number of allylic oxidation sites excluding steroid dienone is 3. The van der Waals surface area contributed by atoms with Gasteiger partial charge < -0.3 is 25.0 Å². The molecule has 12 heteroatoms. The largest absolute Gasteiger partial charge is 0.473 e. The molecule has 0 saturated carbocycles. The van der Waals surface area contributed by atoms with Crippen LogP contribution in [0.25, 0.3) is 0 Å². The van der Waals surface area contributed by atoms with Gasteiger partial charge in [-0.25, -0.2) is 14.8 Å². The first kappa shape index (κ1) is 39.7. The fraction of sp³-hybridized carbons (Fsp3) is 0.667. The molecule has 0 radical (unpaired) electrons. The fourth-order valence-corrected chi connectivity index (χ4v) is 7.50. The molecule has 280 valence electrons. The van der Waals surface area contributed by atoms with Gasteiger partial charge >= 0.3 is 6.09 Å². The number of likely N-dealkylation sites (N-methyl/N-ethyl adjacent to an activating group) is 1. The molecule has 1 aliphatic carbocycles. The van der Waals surface area contributed by atoms with Gasteiger partial charge in [-0.2, -0.15) is 4.98 Å². The number of carbonyl (C=O) groups is 2. The smallest absolute Gasteiger partial charge is 0.410 e. The molecule has 0 spiro atoms. The molecule has 0 bridgehead atoms. The summed E-state index contributed by atoms with van der Waals surface area (Å²) < 4.78 is 12.2. The Balaban J connectivity index is 1.69. The van der Waals surface area contributed by atoms with Crippen molar-refractivity contribution < 1.29 is 19.1 Å². The van der Waals surface area contributed by atoms with Gasteiger partial charge in [0.15, 0.2) is 0 Å². The molecule has 2 fully saturated rings. The number of likely N-dealkylation sites (tertiary alicyclic amines) is 1. The number of piperazine rings is 1. The molecular formula is C39H60N8O4. The number of ether oxygens (including phenoxy) is 2. The van der Waals surface area contributed by atoms with E-state index in [1.165, 1.54) is 0 Å². The van der Waals surface area contributed by atoms with Crippen molar-refractivity contribution in [2.24, 2.45) is 16.1 Å². The summed E-state index contributed by atoms with van der Waals surface area (Å²) in [5.74, 6) is 6.59. The first-order valence-corrected chi connectivity index (χ1v) is 18.3. The van der Waals surface area contributed by atoms with Crippen LogP contribution in [0, 0.1) is 17.3 Å². The van der Waals surface area contributed by atoms with Gasteiger partial charge in [0.25, 0.3) is 5.78 Å². The van der Waals surface area contributed by atoms with Gasteiger partial charge in [-0.3, -0.25) is 14.6 Å². The number of amides is 1. The number of aromatic nitrogens is 2. The van der Waals surface area contributed by atoms with Gasteiger partial charge in [-0.05, 0) is 120 Å². The maximum Gasteiger partial charge on any atom is 0.410 e. The highest BCUT2D eigenvalue weighted by Gasteiger charge is 2.37. The van der Waals surface area contributed by atoms with E-state index in [-0.39, 0.29) is 36.1 Å². The lowest BCUT2D eigenvalue weighted by molar-refractivity contribution is 0.00557. The van der Waals surface area contributed by atoms with Gasteiger partial charge in [-0.15, -0.1) is 0 Å². The predicted octanol–water partition coefficient (Wildman–Crippen LogP) is 5.65. The molecule has 1 aromatic rings. The molecule has 2 aliphatic heterocycles. The monoisotopic (exact) mass is 704 g/mol. The Morgan fingerprint density at radius 3 is 2.43 bits per heavy atom. The topological polar surface area (TPSA) is 130 Å². The number of nitrogens with zero attached hydrogens (tertiary/aromatic N) is 7. The third-order valence-electron chi connectivity index (χ3n) is 9.97. The lowest BCUT2D eigenvalue weighted by Crippen LogP contribution is -2.59. The highest BCUT2D eigenvalue weighted by molar-refractivity contribution is 6.06. The molecular weight excluding hydrogens is 644 g/mol. The van der Waals surface area contributed by atoms with Gasteiger partial charge in [0.2, 0.25) is 11.7 Å². The number of aliphatic imine (C=N–C) groups is 1. The van der Waals surface area contributed by atoms with Crippen LogP contribution in [-0.2, 0) is 4.74 Å². The molecule has 12 nitrogen and oxygen atoms in total. The second kappa shape index (κ2) is 16.1. The highest BCUT2D eigenvalue weighted by atomic mass is 16.6. The molecule has 0 unspecified atom stereocenters. The Kier molecular flexibility index (Phi) is 12.5. The van der Waals surface area contributed by atoms with Gasteiger partial charge in [0.1, 0.15) is 17.5 Å². The summed E-state index contributed by atoms with van der Waals surface area (Å²) in [5, 5.41) is 0. The minimum absolute atomic E-state index is 0.0196. The van der Waals surface area contributed by atoms with Crippen molar-refractivity contribution >= 4 is 24.0 Å². The van der Waals surface area contributed by atoms with E-state index in [0.29, 0.717) is 36.2 Å². The molecule has 0 aromatic carbocycles. The summed E-state index contributed by atoms with van der Waals surface area (Å²) in [6, 6.07) is 1.70. The van der Waals surface area contributed by atoms with Crippen molar-refractivity contribution in [3.63, 3.8) is 0 Å². The molecule has 3 heterocycles. The van der Waals surface area contributed by atoms with Crippen LogP contribution in [-0.4, -0.2) is 113 Å². The zero-order chi connectivity index (χ0) is 37.8. The zero-order valence-electron chi connectivity index (χ0n) is 33.0. The zero-order valence-corrected chi connectivity index (χ0v) is 33.0. The van der Waals surface area contributed by atoms with Gasteiger partial charge in [0.05, 0.1) is 35.2 Å². The van der Waals surface area contributed by atoms with E-state index in [2.05, 4.69) is 45.6 Å². The van der Waals surface area contributed by atoms with Crippen molar-refractivity contribution in [1.82, 2.24) is 24.7 Å². The Hall–Kier alpha value is -4.11. The predicted molar refractivity (Wildman–Crippen MR) is 203 cm³/mol. The average Bonchev–Trinajstić information content (AvgIpc) is 3.46. The SMILES string of the molecule is CC1=C(/C(N)=C(\C)N=CN(C)C)[C@@](C)(C#CC(=O)c2nc(O[C@@H](C)[C@@H]3CCCN3C)cc(N3C[C@H](C)N(C(=O)OC(C)(C)C)[C@@H](C)C3)n2)CCC1. The van der Waals surface area contributed by atoms with E-state index in [1.54, 1.807) is 17.3 Å². The van der Waals surface area contributed by atoms with Crippen LogP contribution in [0.1, 0.15) is 105 Å². The Bertz CT molecular complexity index is 1600. The lowest BCUT2D eigenvalue weighted by Gasteiger charge is -2.44. The molecule has 1 amide bonds. The summed E-state index contributed by atoms with van der Waals surface area (Å²) >= 11 is 0. The van der Waals surface area contributed by atoms with Crippen LogP contribution < -0.4 is 15.4 Å². The summed E-state index contributed by atoms with van der Waals surface area (Å²) in [5.41, 5.74) is 8.84. The number of nitrogens with two attached hydrogens (primary N) is 1. The number of Topliss-reactive ketones (excluding diaryl/α,β-unsaturated/α-hetero) is 1. The average molecular weight is 705 g/mol. The van der Waals surface area contributed by atoms with E-state index in [1.807, 2.05) is 74.4 Å². The van der Waals surface area contributed by atoms with Gasteiger partial charge in [0, 0.05) is 39.3 Å². The maximum atomic E-state index is 13.9. The molecule has 1 aromatic heterocycles. The third-order valence-corrected chi connectivity index (χ3v) is 9.97. The molecule has 5 atom stereocenters. The second-order valence-electron chi connectivity index (χ2n) is 16.0. The van der Waals surface area contributed by atoms with E-state index in [4.69, 9.17) is 20.2 Å². The van der Waals surface area contributed by atoms with Crippen molar-refractivity contribution in [3.8, 4) is 17.7 Å². The van der Waals surface area contributed by atoms with E-state index < -0.39 is 16.8 Å². The van der Waals surface area contributed by atoms with Crippen LogP contribution >= 0.6 is 0 Å². The molecule has 3 aliphatic rings. The Morgan fingerprint density at radius 1 is 1.18 bits per heavy atom. The van der Waals surface area contributed by atoms with Crippen LogP contribution in [0.3, 0.4) is 0 Å². The number of hydrogen-bond acceptors (Lipinski definition) is 10. The number of rotatable bonds is 8. The molecule has 51 heavy (non-hydrogen) atoms. The number of hydrogen-bond donors (Lipinski definition) is 1. The van der Waals surface area contributed by atoms with E-state index >= 15 is 0 Å². The van der Waals surface area contributed by atoms with Crippen molar-refractivity contribution in [2.45, 2.75) is 124 Å². The summed E-state index contributed by atoms with van der Waals surface area (Å²) in [4.78, 5) is 49.0. The van der Waals surface area contributed by atoms with Crippen LogP contribution in [0.2, 0.25) is 0 Å². The maximum absolute atomic E-state index is 13.9. The summed E-state index contributed by atoms with van der Waals surface area (Å²) in [6.45, 7) is 19.6. The van der Waals surface area contributed by atoms with Gasteiger partial charge in [-0.1, -0.05) is 11.5 Å². The normalized spacial score (nSPS) is 25.7. The first-order chi connectivity index (χ1) is 23.8. The number of ketones is 1.